The van der Waals surface area contributed by atoms with E-state index in [2.05, 4.69) is 37.6 Å². The van der Waals surface area contributed by atoms with Gasteiger partial charge in [0.15, 0.2) is 0 Å². The van der Waals surface area contributed by atoms with Crippen molar-refractivity contribution in [3.05, 3.63) is 11.6 Å². The fourth-order valence-corrected chi connectivity index (χ4v) is 2.01. The predicted octanol–water partition coefficient (Wildman–Crippen LogP) is 2.20. The SMILES string of the molecule is C=C(Cl)CN1CC(C)(CC)NCC1C. The first-order chi connectivity index (χ1) is 6.47. The number of piperazine rings is 1. The second-order valence-corrected chi connectivity index (χ2v) is 5.10. The average Bonchev–Trinajstić information content (AvgIpc) is 2.11. The Morgan fingerprint density at radius 1 is 1.71 bits per heavy atom. The summed E-state index contributed by atoms with van der Waals surface area (Å²) in [6.07, 6.45) is 1.14. The van der Waals surface area contributed by atoms with Crippen LogP contribution in [0.2, 0.25) is 0 Å². The fraction of sp³-hybridized carbons (Fsp3) is 0.818. The zero-order valence-corrected chi connectivity index (χ0v) is 10.2. The highest BCUT2D eigenvalue weighted by Crippen LogP contribution is 2.19. The number of nitrogens with zero attached hydrogens (tertiary/aromatic N) is 1. The minimum absolute atomic E-state index is 0.235. The van der Waals surface area contributed by atoms with E-state index in [1.54, 1.807) is 0 Å². The van der Waals surface area contributed by atoms with Gasteiger partial charge in [-0.1, -0.05) is 25.1 Å². The van der Waals surface area contributed by atoms with Crippen molar-refractivity contribution in [2.75, 3.05) is 19.6 Å². The third-order valence-corrected chi connectivity index (χ3v) is 3.27. The molecule has 0 spiro atoms. The van der Waals surface area contributed by atoms with Gasteiger partial charge in [-0.2, -0.15) is 0 Å². The Morgan fingerprint density at radius 2 is 2.36 bits per heavy atom. The summed E-state index contributed by atoms with van der Waals surface area (Å²) in [6.45, 7) is 13.4. The summed E-state index contributed by atoms with van der Waals surface area (Å²) >= 11 is 5.86. The van der Waals surface area contributed by atoms with Crippen molar-refractivity contribution >= 4 is 11.6 Å². The second-order valence-electron chi connectivity index (χ2n) is 4.57. The number of hydrogen-bond acceptors (Lipinski definition) is 2. The molecule has 0 aromatic carbocycles. The van der Waals surface area contributed by atoms with Crippen molar-refractivity contribution in [3.63, 3.8) is 0 Å². The highest BCUT2D eigenvalue weighted by atomic mass is 35.5. The van der Waals surface area contributed by atoms with E-state index in [1.807, 2.05) is 0 Å². The second kappa shape index (κ2) is 4.65. The Kier molecular flexibility index (Phi) is 3.99. The van der Waals surface area contributed by atoms with Crippen molar-refractivity contribution in [2.45, 2.75) is 38.8 Å². The fourth-order valence-electron chi connectivity index (χ4n) is 1.85. The molecule has 1 saturated heterocycles. The van der Waals surface area contributed by atoms with E-state index in [0.717, 1.165) is 31.1 Å². The third-order valence-electron chi connectivity index (χ3n) is 3.15. The largest absolute Gasteiger partial charge is 0.309 e. The minimum Gasteiger partial charge on any atom is -0.309 e. The van der Waals surface area contributed by atoms with E-state index in [9.17, 15) is 0 Å². The van der Waals surface area contributed by atoms with E-state index in [-0.39, 0.29) is 5.54 Å². The molecular formula is C11H21ClN2. The molecule has 0 saturated carbocycles. The Labute approximate surface area is 92.3 Å². The van der Waals surface area contributed by atoms with E-state index in [1.165, 1.54) is 0 Å². The lowest BCUT2D eigenvalue weighted by molar-refractivity contribution is 0.104. The lowest BCUT2D eigenvalue weighted by Gasteiger charge is -2.44. The first-order valence-corrected chi connectivity index (χ1v) is 5.67. The summed E-state index contributed by atoms with van der Waals surface area (Å²) in [5, 5.41) is 4.32. The standard InChI is InChI=1S/C11H21ClN2/c1-5-11(4)8-14(7-9(2)12)10(3)6-13-11/h10,13H,2,5-8H2,1,3-4H3. The lowest BCUT2D eigenvalue weighted by Crippen LogP contribution is -2.61. The van der Waals surface area contributed by atoms with Crippen LogP contribution in [0.1, 0.15) is 27.2 Å². The van der Waals surface area contributed by atoms with E-state index in [4.69, 9.17) is 11.6 Å². The van der Waals surface area contributed by atoms with Crippen LogP contribution < -0.4 is 5.32 Å². The molecule has 2 nitrogen and oxygen atoms in total. The minimum atomic E-state index is 0.235. The Hall–Kier alpha value is -0.0500. The third kappa shape index (κ3) is 2.97. The van der Waals surface area contributed by atoms with E-state index < -0.39 is 0 Å². The monoisotopic (exact) mass is 216 g/mol. The average molecular weight is 217 g/mol. The van der Waals surface area contributed by atoms with E-state index >= 15 is 0 Å². The molecule has 1 fully saturated rings. The molecule has 14 heavy (non-hydrogen) atoms. The lowest BCUT2D eigenvalue weighted by atomic mass is 9.94. The molecule has 1 heterocycles. The zero-order chi connectivity index (χ0) is 10.8. The Balaban J connectivity index is 2.59. The normalized spacial score (nSPS) is 34.4. The summed E-state index contributed by atoms with van der Waals surface area (Å²) in [5.74, 6) is 0. The first kappa shape index (κ1) is 12.0. The summed E-state index contributed by atoms with van der Waals surface area (Å²) in [6, 6.07) is 0.546. The van der Waals surface area contributed by atoms with Crippen LogP contribution in [-0.4, -0.2) is 36.1 Å². The van der Waals surface area contributed by atoms with Crippen molar-refractivity contribution in [1.82, 2.24) is 10.2 Å². The highest BCUT2D eigenvalue weighted by molar-refractivity contribution is 6.29. The van der Waals surface area contributed by atoms with Crippen LogP contribution in [0.3, 0.4) is 0 Å². The van der Waals surface area contributed by atoms with Crippen LogP contribution in [0.5, 0.6) is 0 Å². The van der Waals surface area contributed by atoms with Crippen LogP contribution in [0.25, 0.3) is 0 Å². The van der Waals surface area contributed by atoms with Crippen molar-refractivity contribution in [1.29, 1.82) is 0 Å². The van der Waals surface area contributed by atoms with Gasteiger partial charge in [-0.3, -0.25) is 4.90 Å². The topological polar surface area (TPSA) is 15.3 Å². The van der Waals surface area contributed by atoms with Crippen LogP contribution in [0.15, 0.2) is 11.6 Å². The maximum absolute atomic E-state index is 5.86. The van der Waals surface area contributed by atoms with Crippen LogP contribution in [0.4, 0.5) is 0 Å². The van der Waals surface area contributed by atoms with Crippen LogP contribution >= 0.6 is 11.6 Å². The van der Waals surface area contributed by atoms with Gasteiger partial charge in [0.1, 0.15) is 0 Å². The van der Waals surface area contributed by atoms with Crippen LogP contribution in [0, 0.1) is 0 Å². The Bertz CT molecular complexity index is 217. The summed E-state index contributed by atoms with van der Waals surface area (Å²) in [5.41, 5.74) is 0.235. The van der Waals surface area contributed by atoms with Crippen LogP contribution in [-0.2, 0) is 0 Å². The van der Waals surface area contributed by atoms with Gasteiger partial charge in [0.05, 0.1) is 0 Å². The van der Waals surface area contributed by atoms with Gasteiger partial charge in [-0.15, -0.1) is 0 Å². The molecule has 1 N–H and O–H groups in total. The van der Waals surface area contributed by atoms with E-state index in [0.29, 0.717) is 6.04 Å². The maximum atomic E-state index is 5.86. The Morgan fingerprint density at radius 3 is 2.86 bits per heavy atom. The molecular weight excluding hydrogens is 196 g/mol. The van der Waals surface area contributed by atoms with Gasteiger partial charge in [-0.05, 0) is 20.3 Å². The number of halogens is 1. The van der Waals surface area contributed by atoms with Crippen molar-refractivity contribution in [2.24, 2.45) is 0 Å². The molecule has 0 aromatic rings. The first-order valence-electron chi connectivity index (χ1n) is 5.29. The molecule has 0 amide bonds. The molecule has 0 bridgehead atoms. The zero-order valence-electron chi connectivity index (χ0n) is 9.44. The quantitative estimate of drug-likeness (QED) is 0.778. The maximum Gasteiger partial charge on any atom is 0.0339 e. The molecule has 82 valence electrons. The molecule has 0 aliphatic carbocycles. The molecule has 0 radical (unpaired) electrons. The number of rotatable bonds is 3. The molecule has 0 aromatic heterocycles. The van der Waals surface area contributed by atoms with Gasteiger partial charge in [0.25, 0.3) is 0 Å². The van der Waals surface area contributed by atoms with Gasteiger partial charge < -0.3 is 5.32 Å². The van der Waals surface area contributed by atoms with Gasteiger partial charge in [-0.25, -0.2) is 0 Å². The number of hydrogen-bond donors (Lipinski definition) is 1. The van der Waals surface area contributed by atoms with Gasteiger partial charge in [0.2, 0.25) is 0 Å². The van der Waals surface area contributed by atoms with Crippen molar-refractivity contribution in [3.8, 4) is 0 Å². The number of nitrogens with one attached hydrogen (secondary N) is 1. The molecule has 1 aliphatic heterocycles. The molecule has 2 unspecified atom stereocenters. The molecule has 1 rings (SSSR count). The predicted molar refractivity (Wildman–Crippen MR) is 62.7 cm³/mol. The molecule has 2 atom stereocenters. The summed E-state index contributed by atoms with van der Waals surface area (Å²) < 4.78 is 0. The molecule has 1 aliphatic rings. The molecule has 3 heteroatoms. The summed E-state index contributed by atoms with van der Waals surface area (Å²) in [7, 11) is 0. The van der Waals surface area contributed by atoms with Crippen molar-refractivity contribution < 1.29 is 0 Å². The smallest absolute Gasteiger partial charge is 0.0339 e. The van der Waals surface area contributed by atoms with Gasteiger partial charge in [0, 0.05) is 36.2 Å². The highest BCUT2D eigenvalue weighted by Gasteiger charge is 2.32. The summed E-state index contributed by atoms with van der Waals surface area (Å²) in [4.78, 5) is 2.40. The van der Waals surface area contributed by atoms with Gasteiger partial charge >= 0.3 is 0 Å².